The van der Waals surface area contributed by atoms with Crippen LogP contribution in [0.2, 0.25) is 0 Å². The minimum absolute atomic E-state index is 0.0574. The molecule has 1 aromatic rings. The molecule has 5 rings (SSSR count). The molecule has 8 heteroatoms. The van der Waals surface area contributed by atoms with Gasteiger partial charge in [0, 0.05) is 11.1 Å². The fourth-order valence-electron chi connectivity index (χ4n) is 5.21. The van der Waals surface area contributed by atoms with Crippen LogP contribution in [0.4, 0.5) is 0 Å². The average Bonchev–Trinajstić information content (AvgIpc) is 3.02. The highest BCUT2D eigenvalue weighted by atomic mass is 35.5. The summed E-state index contributed by atoms with van der Waals surface area (Å²) in [6, 6.07) is 19.2. The third kappa shape index (κ3) is 2.69. The standard InChI is InChI=1S/C28H16Cl2N2O4/c1-14(2)16-9-6-10-18-17(11-16)19(26(35)36-18)21-20(15-7-4-3-5-8-15)27(12-31)24(33)22(29)23(30)25(34)28(21,27)13-32/h3-11,14H,1-2H3. The number of benzene rings is 1. The normalized spacial score (nSPS) is 23.4. The smallest absolute Gasteiger partial charge is 0.344 e. The molecule has 0 fully saturated rings. The highest BCUT2D eigenvalue weighted by Gasteiger charge is 2.77. The van der Waals surface area contributed by atoms with Crippen LogP contribution in [0, 0.1) is 33.5 Å². The highest BCUT2D eigenvalue weighted by molar-refractivity contribution is 6.60. The van der Waals surface area contributed by atoms with E-state index in [4.69, 9.17) is 27.6 Å². The summed E-state index contributed by atoms with van der Waals surface area (Å²) >= 11 is 12.3. The molecule has 36 heavy (non-hydrogen) atoms. The van der Waals surface area contributed by atoms with Crippen LogP contribution in [0.5, 0.6) is 0 Å². The Balaban J connectivity index is 2.00. The molecule has 0 amide bonds. The van der Waals surface area contributed by atoms with Crippen molar-refractivity contribution >= 4 is 45.9 Å². The third-order valence-corrected chi connectivity index (χ3v) is 7.76. The van der Waals surface area contributed by atoms with E-state index in [2.05, 4.69) is 0 Å². The summed E-state index contributed by atoms with van der Waals surface area (Å²) in [6.45, 7) is 3.95. The molecule has 6 nitrogen and oxygen atoms in total. The molecular formula is C28H16Cl2N2O4. The zero-order chi connectivity index (χ0) is 26.0. The average molecular weight is 515 g/mol. The van der Waals surface area contributed by atoms with Gasteiger partial charge in [-0.15, -0.1) is 0 Å². The summed E-state index contributed by atoms with van der Waals surface area (Å²) < 4.78 is 5.53. The lowest BCUT2D eigenvalue weighted by Crippen LogP contribution is -2.62. The van der Waals surface area contributed by atoms with Gasteiger partial charge in [-0.1, -0.05) is 79.5 Å². The molecular weight excluding hydrogens is 499 g/mol. The first-order valence-corrected chi connectivity index (χ1v) is 11.8. The molecule has 0 saturated carbocycles. The second kappa shape index (κ2) is 8.03. The van der Waals surface area contributed by atoms with Crippen molar-refractivity contribution in [2.45, 2.75) is 19.8 Å². The minimum Gasteiger partial charge on any atom is -0.422 e. The van der Waals surface area contributed by atoms with Gasteiger partial charge < -0.3 is 4.42 Å². The summed E-state index contributed by atoms with van der Waals surface area (Å²) in [6.07, 6.45) is 0. The Morgan fingerprint density at radius 1 is 0.833 bits per heavy atom. The van der Waals surface area contributed by atoms with Crippen LogP contribution in [-0.2, 0) is 9.59 Å². The summed E-state index contributed by atoms with van der Waals surface area (Å²) in [4.78, 5) is 40.6. The number of nitrogens with zero attached hydrogens (tertiary/aromatic N) is 2. The monoisotopic (exact) mass is 514 g/mol. The quantitative estimate of drug-likeness (QED) is 0.446. The van der Waals surface area contributed by atoms with E-state index in [1.807, 2.05) is 32.1 Å². The second-order valence-electron chi connectivity index (χ2n) is 8.99. The number of hydrogen-bond acceptors (Lipinski definition) is 6. The van der Waals surface area contributed by atoms with Gasteiger partial charge in [-0.25, -0.2) is 4.79 Å². The van der Waals surface area contributed by atoms with E-state index < -0.39 is 38.1 Å². The van der Waals surface area contributed by atoms with Gasteiger partial charge in [0.2, 0.25) is 11.6 Å². The Morgan fingerprint density at radius 3 is 1.97 bits per heavy atom. The second-order valence-corrected chi connectivity index (χ2v) is 9.75. The molecule has 2 unspecified atom stereocenters. The van der Waals surface area contributed by atoms with Gasteiger partial charge in [-0.05, 0) is 34.8 Å². The Bertz CT molecular complexity index is 1670. The predicted octanol–water partition coefficient (Wildman–Crippen LogP) is 5.65. The number of carbonyl (C=O) groups excluding carboxylic acids is 2. The van der Waals surface area contributed by atoms with Crippen molar-refractivity contribution in [3.63, 3.8) is 0 Å². The van der Waals surface area contributed by atoms with E-state index in [1.165, 1.54) is 0 Å². The SMILES string of the molecule is CC(C)c1cccc2oc(=O)c(C3=C(c4ccccc4)C4(C#N)C(=O)C(Cl)=C(Cl)C(=O)C34C#N)c-2c1. The van der Waals surface area contributed by atoms with Gasteiger partial charge in [0.15, 0.2) is 10.8 Å². The Kier molecular flexibility index (Phi) is 5.30. The molecule has 0 spiro atoms. The van der Waals surface area contributed by atoms with Gasteiger partial charge in [0.1, 0.15) is 15.8 Å². The molecule has 2 atom stereocenters. The molecule has 0 saturated heterocycles. The third-order valence-electron chi connectivity index (χ3n) is 6.94. The molecule has 0 aromatic heterocycles. The summed E-state index contributed by atoms with van der Waals surface area (Å²) in [7, 11) is 0. The number of fused-ring (bicyclic) bond motifs is 2. The number of Topliss-reactive ketones (excluding diaryl/α,β-unsaturated/α-hetero) is 2. The predicted molar refractivity (Wildman–Crippen MR) is 134 cm³/mol. The summed E-state index contributed by atoms with van der Waals surface area (Å²) in [5.74, 6) is -1.65. The van der Waals surface area contributed by atoms with Crippen LogP contribution in [0.1, 0.15) is 36.5 Å². The number of furan rings is 1. The molecule has 1 aromatic carbocycles. The molecule has 0 bridgehead atoms. The number of ketones is 2. The van der Waals surface area contributed by atoms with Gasteiger partial charge in [0.25, 0.3) is 0 Å². The zero-order valence-corrected chi connectivity index (χ0v) is 20.6. The number of allylic oxidation sites excluding steroid dienone is 4. The van der Waals surface area contributed by atoms with E-state index in [0.717, 1.165) is 5.56 Å². The largest absolute Gasteiger partial charge is 0.422 e. The van der Waals surface area contributed by atoms with Crippen molar-refractivity contribution in [1.82, 2.24) is 0 Å². The number of rotatable bonds is 3. The van der Waals surface area contributed by atoms with Crippen LogP contribution in [-0.4, -0.2) is 11.6 Å². The highest BCUT2D eigenvalue weighted by Crippen LogP contribution is 2.71. The number of carbonyl (C=O) groups is 2. The first-order chi connectivity index (χ1) is 17.2. The molecule has 0 radical (unpaired) electrons. The Labute approximate surface area is 216 Å². The number of hydrogen-bond donors (Lipinski definition) is 0. The molecule has 1 heterocycles. The molecule has 0 N–H and O–H groups in total. The molecule has 4 aliphatic rings. The lowest BCUT2D eigenvalue weighted by molar-refractivity contribution is -0.132. The van der Waals surface area contributed by atoms with Crippen molar-refractivity contribution in [2.75, 3.05) is 0 Å². The van der Waals surface area contributed by atoms with Crippen LogP contribution >= 0.6 is 23.2 Å². The first-order valence-electron chi connectivity index (χ1n) is 11.0. The van der Waals surface area contributed by atoms with E-state index in [9.17, 15) is 24.9 Å². The van der Waals surface area contributed by atoms with Gasteiger partial charge in [-0.3, -0.25) is 9.59 Å². The molecule has 3 aliphatic carbocycles. The van der Waals surface area contributed by atoms with Gasteiger partial charge in [-0.2, -0.15) is 10.5 Å². The lowest BCUT2D eigenvalue weighted by Gasteiger charge is -2.53. The van der Waals surface area contributed by atoms with Crippen molar-refractivity contribution < 1.29 is 14.0 Å². The van der Waals surface area contributed by atoms with Gasteiger partial charge >= 0.3 is 5.63 Å². The molecule has 176 valence electrons. The Morgan fingerprint density at radius 2 is 1.42 bits per heavy atom. The van der Waals surface area contributed by atoms with Crippen molar-refractivity contribution in [3.05, 3.63) is 91.8 Å². The maximum atomic E-state index is 13.7. The van der Waals surface area contributed by atoms with Crippen molar-refractivity contribution in [1.29, 1.82) is 10.5 Å². The minimum atomic E-state index is -2.39. The molecule has 1 aliphatic heterocycles. The maximum absolute atomic E-state index is 13.7. The van der Waals surface area contributed by atoms with Crippen LogP contribution in [0.15, 0.2) is 73.9 Å². The van der Waals surface area contributed by atoms with E-state index in [0.29, 0.717) is 11.1 Å². The van der Waals surface area contributed by atoms with Crippen molar-refractivity contribution in [2.24, 2.45) is 10.8 Å². The van der Waals surface area contributed by atoms with E-state index in [-0.39, 0.29) is 28.4 Å². The summed E-state index contributed by atoms with van der Waals surface area (Å²) in [5, 5.41) is 19.6. The first kappa shape index (κ1) is 23.8. The van der Waals surface area contributed by atoms with Crippen molar-refractivity contribution in [3.8, 4) is 23.5 Å². The van der Waals surface area contributed by atoms with Gasteiger partial charge in [0.05, 0.1) is 17.7 Å². The fourth-order valence-corrected chi connectivity index (χ4v) is 5.66. The van der Waals surface area contributed by atoms with Crippen LogP contribution in [0.3, 0.4) is 0 Å². The van der Waals surface area contributed by atoms with Crippen LogP contribution < -0.4 is 5.63 Å². The zero-order valence-electron chi connectivity index (χ0n) is 19.1. The van der Waals surface area contributed by atoms with Crippen LogP contribution in [0.25, 0.3) is 22.5 Å². The number of nitriles is 2. The number of halogens is 2. The lowest BCUT2D eigenvalue weighted by atomic mass is 9.40. The summed E-state index contributed by atoms with van der Waals surface area (Å²) in [5.41, 5.74) is -3.92. The topological polar surface area (TPSA) is 112 Å². The maximum Gasteiger partial charge on any atom is 0.344 e. The van der Waals surface area contributed by atoms with E-state index >= 15 is 0 Å². The fraction of sp³-hybridized carbons (Fsp3) is 0.179. The Hall–Kier alpha value is -3.97. The van der Waals surface area contributed by atoms with E-state index in [1.54, 1.807) is 48.5 Å².